The molecular weight excluding hydrogens is 289 g/mol. The molecule has 1 aromatic carbocycles. The van der Waals surface area contributed by atoms with E-state index in [-0.39, 0.29) is 10.7 Å². The zero-order valence-electron chi connectivity index (χ0n) is 9.52. The summed E-state index contributed by atoms with van der Waals surface area (Å²) >= 11 is 11.8. The van der Waals surface area contributed by atoms with Crippen molar-refractivity contribution >= 4 is 40.6 Å². The fourth-order valence-electron chi connectivity index (χ4n) is 1.32. The van der Waals surface area contributed by atoms with Gasteiger partial charge in [0.25, 0.3) is 5.91 Å². The molecular formula is C11H9Cl2N5O. The van der Waals surface area contributed by atoms with Crippen LogP contribution < -0.4 is 16.6 Å². The van der Waals surface area contributed by atoms with E-state index in [1.807, 2.05) is 0 Å². The number of nitrogens with zero attached hydrogens (tertiary/aromatic N) is 2. The minimum absolute atomic E-state index is 0.134. The lowest BCUT2D eigenvalue weighted by atomic mass is 10.3. The van der Waals surface area contributed by atoms with Crippen LogP contribution in [0, 0.1) is 0 Å². The van der Waals surface area contributed by atoms with E-state index in [1.54, 1.807) is 18.2 Å². The summed E-state index contributed by atoms with van der Waals surface area (Å²) in [4.78, 5) is 11.9. The maximum absolute atomic E-state index is 11.9. The van der Waals surface area contributed by atoms with E-state index >= 15 is 0 Å². The van der Waals surface area contributed by atoms with Crippen molar-refractivity contribution in [3.05, 3.63) is 46.1 Å². The van der Waals surface area contributed by atoms with Crippen molar-refractivity contribution in [1.82, 2.24) is 10.2 Å². The molecule has 1 amide bonds. The van der Waals surface area contributed by atoms with Gasteiger partial charge in [0.15, 0.2) is 11.5 Å². The molecule has 0 aliphatic heterocycles. The average Bonchev–Trinajstić information content (AvgIpc) is 2.44. The predicted octanol–water partition coefficient (Wildman–Crippen LogP) is 2.32. The highest BCUT2D eigenvalue weighted by atomic mass is 35.5. The Morgan fingerprint density at radius 3 is 2.58 bits per heavy atom. The Kier molecular flexibility index (Phi) is 4.16. The number of nitrogen functional groups attached to an aromatic ring is 1. The van der Waals surface area contributed by atoms with Crippen LogP contribution in [0.5, 0.6) is 0 Å². The molecule has 6 nitrogen and oxygen atoms in total. The fraction of sp³-hybridized carbons (Fsp3) is 0. The van der Waals surface area contributed by atoms with Gasteiger partial charge in [-0.1, -0.05) is 29.3 Å². The summed E-state index contributed by atoms with van der Waals surface area (Å²) in [5, 5.41) is 10.6. The van der Waals surface area contributed by atoms with Crippen LogP contribution in [0.3, 0.4) is 0 Å². The van der Waals surface area contributed by atoms with Crippen LogP contribution in [-0.4, -0.2) is 16.1 Å². The Morgan fingerprint density at radius 2 is 1.95 bits per heavy atom. The van der Waals surface area contributed by atoms with Gasteiger partial charge in [-0.15, -0.1) is 10.2 Å². The molecule has 0 unspecified atom stereocenters. The summed E-state index contributed by atoms with van der Waals surface area (Å²) in [7, 11) is 0. The van der Waals surface area contributed by atoms with E-state index in [2.05, 4.69) is 20.9 Å². The lowest BCUT2D eigenvalue weighted by molar-refractivity contribution is 0.102. The summed E-state index contributed by atoms with van der Waals surface area (Å²) in [6, 6.07) is 7.95. The van der Waals surface area contributed by atoms with Crippen LogP contribution in [0.15, 0.2) is 30.3 Å². The van der Waals surface area contributed by atoms with Crippen molar-refractivity contribution in [3.63, 3.8) is 0 Å². The smallest absolute Gasteiger partial charge is 0.276 e. The molecule has 1 heterocycles. The number of carbonyl (C=O) groups excluding carboxylic acids is 1. The summed E-state index contributed by atoms with van der Waals surface area (Å²) in [5.41, 5.74) is 2.85. The molecule has 8 heteroatoms. The van der Waals surface area contributed by atoms with Gasteiger partial charge in [-0.2, -0.15) is 0 Å². The molecule has 0 aliphatic carbocycles. The number of benzene rings is 1. The lowest BCUT2D eigenvalue weighted by Gasteiger charge is -2.07. The lowest BCUT2D eigenvalue weighted by Crippen LogP contribution is -2.16. The minimum atomic E-state index is -0.444. The second-order valence-electron chi connectivity index (χ2n) is 3.50. The number of nitrogens with one attached hydrogen (secondary N) is 2. The van der Waals surface area contributed by atoms with Crippen molar-refractivity contribution in [2.24, 2.45) is 5.84 Å². The number of amides is 1. The molecule has 0 saturated carbocycles. The maximum atomic E-state index is 11.9. The van der Waals surface area contributed by atoms with Gasteiger partial charge in [0.05, 0.1) is 15.7 Å². The van der Waals surface area contributed by atoms with Gasteiger partial charge in [-0.05, 0) is 24.3 Å². The van der Waals surface area contributed by atoms with Crippen LogP contribution in [0.2, 0.25) is 10.0 Å². The number of halogens is 2. The third-order valence-electron chi connectivity index (χ3n) is 2.24. The summed E-state index contributed by atoms with van der Waals surface area (Å²) < 4.78 is 0. The second-order valence-corrected chi connectivity index (χ2v) is 4.29. The number of aromatic nitrogens is 2. The molecule has 0 spiro atoms. The van der Waals surface area contributed by atoms with Crippen molar-refractivity contribution in [2.45, 2.75) is 0 Å². The first-order chi connectivity index (χ1) is 9.11. The van der Waals surface area contributed by atoms with Crippen molar-refractivity contribution in [1.29, 1.82) is 0 Å². The Balaban J connectivity index is 2.18. The predicted molar refractivity (Wildman–Crippen MR) is 74.3 cm³/mol. The molecule has 19 heavy (non-hydrogen) atoms. The fourth-order valence-corrected chi connectivity index (χ4v) is 1.66. The third-order valence-corrected chi connectivity index (χ3v) is 3.06. The van der Waals surface area contributed by atoms with Gasteiger partial charge in [-0.3, -0.25) is 4.79 Å². The van der Waals surface area contributed by atoms with Crippen LogP contribution in [0.25, 0.3) is 0 Å². The van der Waals surface area contributed by atoms with E-state index < -0.39 is 5.91 Å². The van der Waals surface area contributed by atoms with Crippen LogP contribution in [0.1, 0.15) is 10.5 Å². The van der Waals surface area contributed by atoms with E-state index in [9.17, 15) is 4.79 Å². The zero-order chi connectivity index (χ0) is 13.8. The van der Waals surface area contributed by atoms with Crippen LogP contribution >= 0.6 is 23.2 Å². The largest absolute Gasteiger partial charge is 0.319 e. The number of anilines is 2. The van der Waals surface area contributed by atoms with E-state index in [0.717, 1.165) is 0 Å². The van der Waals surface area contributed by atoms with Gasteiger partial charge in [0, 0.05) is 0 Å². The Morgan fingerprint density at radius 1 is 1.16 bits per heavy atom. The molecule has 0 bridgehead atoms. The first-order valence-electron chi connectivity index (χ1n) is 5.17. The van der Waals surface area contributed by atoms with Crippen molar-refractivity contribution in [3.8, 4) is 0 Å². The number of carbonyl (C=O) groups is 1. The molecule has 2 rings (SSSR count). The van der Waals surface area contributed by atoms with E-state index in [0.29, 0.717) is 16.5 Å². The van der Waals surface area contributed by atoms with Crippen LogP contribution in [0.4, 0.5) is 11.5 Å². The number of hydrogen-bond donors (Lipinski definition) is 3. The van der Waals surface area contributed by atoms with E-state index in [4.69, 9.17) is 29.0 Å². The second kappa shape index (κ2) is 5.83. The Labute approximate surface area is 118 Å². The molecule has 0 fully saturated rings. The highest BCUT2D eigenvalue weighted by Crippen LogP contribution is 2.29. The number of rotatable bonds is 3. The summed E-state index contributed by atoms with van der Waals surface area (Å²) in [6.07, 6.45) is 0. The SMILES string of the molecule is NNc1ccc(C(=O)Nc2cccc(Cl)c2Cl)nn1. The molecule has 0 saturated heterocycles. The van der Waals surface area contributed by atoms with Crippen molar-refractivity contribution < 1.29 is 4.79 Å². The highest BCUT2D eigenvalue weighted by molar-refractivity contribution is 6.44. The quantitative estimate of drug-likeness (QED) is 0.597. The average molecular weight is 298 g/mol. The first kappa shape index (κ1) is 13.5. The monoisotopic (exact) mass is 297 g/mol. The van der Waals surface area contributed by atoms with Gasteiger partial charge in [0.2, 0.25) is 0 Å². The molecule has 0 atom stereocenters. The van der Waals surface area contributed by atoms with E-state index in [1.165, 1.54) is 12.1 Å². The number of hydrazine groups is 1. The molecule has 0 aliphatic rings. The molecule has 4 N–H and O–H groups in total. The summed E-state index contributed by atoms with van der Waals surface area (Å²) in [5.74, 6) is 5.07. The summed E-state index contributed by atoms with van der Waals surface area (Å²) in [6.45, 7) is 0. The van der Waals surface area contributed by atoms with Gasteiger partial charge < -0.3 is 10.7 Å². The minimum Gasteiger partial charge on any atom is -0.319 e. The zero-order valence-corrected chi connectivity index (χ0v) is 11.0. The maximum Gasteiger partial charge on any atom is 0.276 e. The standard InChI is InChI=1S/C11H9Cl2N5O/c12-6-2-1-3-7(10(6)13)15-11(19)8-4-5-9(16-14)18-17-8/h1-5H,14H2,(H,15,19)(H,16,18). The molecule has 1 aromatic heterocycles. The van der Waals surface area contributed by atoms with Gasteiger partial charge in [0.1, 0.15) is 0 Å². The molecule has 2 aromatic rings. The highest BCUT2D eigenvalue weighted by Gasteiger charge is 2.11. The first-order valence-corrected chi connectivity index (χ1v) is 5.93. The van der Waals surface area contributed by atoms with Gasteiger partial charge >= 0.3 is 0 Å². The number of nitrogens with two attached hydrogens (primary N) is 1. The topological polar surface area (TPSA) is 92.9 Å². The molecule has 98 valence electrons. The normalized spacial score (nSPS) is 10.1. The van der Waals surface area contributed by atoms with Crippen LogP contribution in [-0.2, 0) is 0 Å². The van der Waals surface area contributed by atoms with Crippen molar-refractivity contribution in [2.75, 3.05) is 10.7 Å². The Bertz CT molecular complexity index is 603. The number of hydrogen-bond acceptors (Lipinski definition) is 5. The molecule has 0 radical (unpaired) electrons. The third kappa shape index (κ3) is 3.11. The Hall–Kier alpha value is -1.89. The van der Waals surface area contributed by atoms with Gasteiger partial charge in [-0.25, -0.2) is 5.84 Å².